The molecule has 0 amide bonds. The van der Waals surface area contributed by atoms with E-state index in [1.165, 1.54) is 0 Å². The first-order valence-electron chi connectivity index (χ1n) is 5.59. The van der Waals surface area contributed by atoms with Crippen LogP contribution in [0.3, 0.4) is 0 Å². The van der Waals surface area contributed by atoms with Crippen molar-refractivity contribution in [2.24, 2.45) is 5.92 Å². The zero-order valence-electron chi connectivity index (χ0n) is 8.84. The van der Waals surface area contributed by atoms with Gasteiger partial charge in [-0.3, -0.25) is 0 Å². The molecular formula is C13H14O2S. The van der Waals surface area contributed by atoms with Crippen LogP contribution in [0.4, 0.5) is 0 Å². The Morgan fingerprint density at radius 2 is 2.00 bits per heavy atom. The lowest BCUT2D eigenvalue weighted by molar-refractivity contribution is 0.00576. The second-order valence-electron chi connectivity index (χ2n) is 4.46. The maximum absolute atomic E-state index is 10.2. The Morgan fingerprint density at radius 1 is 1.19 bits per heavy atom. The zero-order valence-corrected chi connectivity index (χ0v) is 9.65. The minimum absolute atomic E-state index is 0.296. The average molecular weight is 234 g/mol. The van der Waals surface area contributed by atoms with Gasteiger partial charge in [0.05, 0.1) is 6.10 Å². The number of benzene rings is 1. The van der Waals surface area contributed by atoms with E-state index in [4.69, 9.17) is 0 Å². The molecule has 1 aromatic carbocycles. The molecule has 1 aliphatic rings. The molecule has 1 heterocycles. The third-order valence-corrected chi connectivity index (χ3v) is 4.24. The number of fused-ring (bicyclic) bond motifs is 1. The lowest BCUT2D eigenvalue weighted by atomic mass is 10.0. The summed E-state index contributed by atoms with van der Waals surface area (Å²) in [5.74, 6) is 0.296. The topological polar surface area (TPSA) is 40.5 Å². The molecule has 2 unspecified atom stereocenters. The first-order chi connectivity index (χ1) is 7.77. The van der Waals surface area contributed by atoms with Crippen LogP contribution in [-0.2, 0) is 0 Å². The van der Waals surface area contributed by atoms with E-state index in [0.717, 1.165) is 28.5 Å². The third kappa shape index (κ3) is 1.65. The summed E-state index contributed by atoms with van der Waals surface area (Å²) in [7, 11) is 0. The molecule has 0 bridgehead atoms. The third-order valence-electron chi connectivity index (χ3n) is 3.26. The number of aliphatic hydroxyl groups is 2. The van der Waals surface area contributed by atoms with Crippen molar-refractivity contribution in [3.63, 3.8) is 0 Å². The predicted molar refractivity (Wildman–Crippen MR) is 65.5 cm³/mol. The van der Waals surface area contributed by atoms with Gasteiger partial charge in [-0.05, 0) is 35.6 Å². The predicted octanol–water partition coefficient (Wildman–Crippen LogP) is 2.71. The van der Waals surface area contributed by atoms with Crippen molar-refractivity contribution in [2.45, 2.75) is 25.0 Å². The maximum atomic E-state index is 10.2. The first-order valence-corrected chi connectivity index (χ1v) is 6.47. The fourth-order valence-electron chi connectivity index (χ4n) is 2.13. The van der Waals surface area contributed by atoms with E-state index in [9.17, 15) is 10.2 Å². The second kappa shape index (κ2) is 3.84. The molecule has 1 saturated carbocycles. The van der Waals surface area contributed by atoms with Crippen LogP contribution in [0, 0.1) is 5.92 Å². The van der Waals surface area contributed by atoms with Crippen LogP contribution < -0.4 is 0 Å². The monoisotopic (exact) mass is 234 g/mol. The van der Waals surface area contributed by atoms with Crippen molar-refractivity contribution < 1.29 is 10.2 Å². The molecular weight excluding hydrogens is 220 g/mol. The molecule has 0 saturated heterocycles. The van der Waals surface area contributed by atoms with Crippen molar-refractivity contribution in [3.8, 4) is 0 Å². The van der Waals surface area contributed by atoms with Gasteiger partial charge in [0.25, 0.3) is 0 Å². The normalized spacial score (nSPS) is 19.9. The Hall–Kier alpha value is -0.900. The van der Waals surface area contributed by atoms with Crippen LogP contribution in [0.25, 0.3) is 10.1 Å². The number of aliphatic hydroxyl groups excluding tert-OH is 2. The maximum Gasteiger partial charge on any atom is 0.106 e. The summed E-state index contributed by atoms with van der Waals surface area (Å²) in [5, 5.41) is 23.3. The van der Waals surface area contributed by atoms with Crippen molar-refractivity contribution in [2.75, 3.05) is 0 Å². The van der Waals surface area contributed by atoms with E-state index in [1.807, 2.05) is 29.6 Å². The van der Waals surface area contributed by atoms with Gasteiger partial charge in [0.2, 0.25) is 0 Å². The van der Waals surface area contributed by atoms with E-state index in [0.29, 0.717) is 5.92 Å². The Labute approximate surface area is 98.2 Å². The summed E-state index contributed by atoms with van der Waals surface area (Å²) >= 11 is 1.62. The molecule has 2 aromatic rings. The van der Waals surface area contributed by atoms with Gasteiger partial charge in [-0.15, -0.1) is 11.3 Å². The highest BCUT2D eigenvalue weighted by Crippen LogP contribution is 2.40. The average Bonchev–Trinajstić information content (AvgIpc) is 3.04. The van der Waals surface area contributed by atoms with Gasteiger partial charge >= 0.3 is 0 Å². The molecule has 1 fully saturated rings. The lowest BCUT2D eigenvalue weighted by Crippen LogP contribution is -2.20. The van der Waals surface area contributed by atoms with Crippen LogP contribution in [0.2, 0.25) is 0 Å². The van der Waals surface area contributed by atoms with Gasteiger partial charge in [-0.25, -0.2) is 0 Å². The van der Waals surface area contributed by atoms with Gasteiger partial charge in [-0.2, -0.15) is 0 Å². The number of thiophene rings is 1. The van der Waals surface area contributed by atoms with Gasteiger partial charge in [-0.1, -0.05) is 18.2 Å². The van der Waals surface area contributed by atoms with E-state index >= 15 is 0 Å². The van der Waals surface area contributed by atoms with Crippen LogP contribution in [0.5, 0.6) is 0 Å². The van der Waals surface area contributed by atoms with Crippen LogP contribution in [-0.4, -0.2) is 16.3 Å². The lowest BCUT2D eigenvalue weighted by Gasteiger charge is -2.18. The Kier molecular flexibility index (Phi) is 2.46. The van der Waals surface area contributed by atoms with Gasteiger partial charge in [0.15, 0.2) is 0 Å². The molecule has 0 radical (unpaired) electrons. The molecule has 3 rings (SSSR count). The molecule has 1 aliphatic carbocycles. The highest BCUT2D eigenvalue weighted by molar-refractivity contribution is 7.17. The highest BCUT2D eigenvalue weighted by Gasteiger charge is 2.35. The van der Waals surface area contributed by atoms with Crippen LogP contribution in [0.1, 0.15) is 24.5 Å². The summed E-state index contributed by atoms with van der Waals surface area (Å²) < 4.78 is 1.09. The minimum atomic E-state index is -0.741. The largest absolute Gasteiger partial charge is 0.390 e. The quantitative estimate of drug-likeness (QED) is 0.857. The standard InChI is InChI=1S/C13H14O2S/c14-11(8-4-5-8)12(15)10-3-1-2-9-6-7-16-13(9)10/h1-3,6-8,11-12,14-15H,4-5H2. The molecule has 2 atom stereocenters. The van der Waals surface area contributed by atoms with Crippen LogP contribution >= 0.6 is 11.3 Å². The highest BCUT2D eigenvalue weighted by atomic mass is 32.1. The molecule has 0 spiro atoms. The molecule has 16 heavy (non-hydrogen) atoms. The summed E-state index contributed by atoms with van der Waals surface area (Å²) in [6.07, 6.45) is 0.736. The van der Waals surface area contributed by atoms with E-state index in [1.54, 1.807) is 11.3 Å². The molecule has 2 nitrogen and oxygen atoms in total. The molecule has 84 valence electrons. The van der Waals surface area contributed by atoms with E-state index < -0.39 is 12.2 Å². The van der Waals surface area contributed by atoms with Gasteiger partial charge in [0, 0.05) is 10.3 Å². The molecule has 3 heteroatoms. The zero-order chi connectivity index (χ0) is 11.1. The molecule has 2 N–H and O–H groups in total. The van der Waals surface area contributed by atoms with Gasteiger partial charge in [0.1, 0.15) is 6.10 Å². The second-order valence-corrected chi connectivity index (χ2v) is 5.38. The fourth-order valence-corrected chi connectivity index (χ4v) is 3.08. The Balaban J connectivity index is 2.00. The van der Waals surface area contributed by atoms with Gasteiger partial charge < -0.3 is 10.2 Å². The van der Waals surface area contributed by atoms with Crippen molar-refractivity contribution in [1.82, 2.24) is 0 Å². The fraction of sp³-hybridized carbons (Fsp3) is 0.385. The van der Waals surface area contributed by atoms with Crippen molar-refractivity contribution in [3.05, 3.63) is 35.2 Å². The van der Waals surface area contributed by atoms with E-state index in [2.05, 4.69) is 0 Å². The number of rotatable bonds is 3. The van der Waals surface area contributed by atoms with Crippen molar-refractivity contribution >= 4 is 21.4 Å². The summed E-state index contributed by atoms with van der Waals surface area (Å²) in [6.45, 7) is 0. The van der Waals surface area contributed by atoms with Crippen LogP contribution in [0.15, 0.2) is 29.6 Å². The molecule has 1 aromatic heterocycles. The number of hydrogen-bond acceptors (Lipinski definition) is 3. The summed E-state index contributed by atoms with van der Waals surface area (Å²) in [5.41, 5.74) is 0.868. The van der Waals surface area contributed by atoms with Crippen molar-refractivity contribution in [1.29, 1.82) is 0 Å². The molecule has 0 aliphatic heterocycles. The smallest absolute Gasteiger partial charge is 0.106 e. The SMILES string of the molecule is OC(c1cccc2ccsc12)C(O)C1CC1. The summed E-state index contributed by atoms with van der Waals surface area (Å²) in [6, 6.07) is 7.92. The first kappa shape index (κ1) is 10.3. The Morgan fingerprint density at radius 3 is 2.75 bits per heavy atom. The minimum Gasteiger partial charge on any atom is -0.390 e. The Bertz CT molecular complexity index is 501. The summed E-state index contributed by atoms with van der Waals surface area (Å²) in [4.78, 5) is 0. The van der Waals surface area contributed by atoms with E-state index in [-0.39, 0.29) is 0 Å². The number of hydrogen-bond donors (Lipinski definition) is 2.